The van der Waals surface area contributed by atoms with Crippen molar-refractivity contribution in [2.45, 2.75) is 31.9 Å². The van der Waals surface area contributed by atoms with E-state index in [1.54, 1.807) is 0 Å². The number of thioether (sulfide) groups is 1. The Morgan fingerprint density at radius 2 is 2.41 bits per heavy atom. The Morgan fingerprint density at radius 1 is 1.59 bits per heavy atom. The van der Waals surface area contributed by atoms with E-state index in [0.29, 0.717) is 23.5 Å². The Balaban J connectivity index is 1.97. The molecular weight excluding hydrogens is 234 g/mol. The van der Waals surface area contributed by atoms with E-state index in [4.69, 9.17) is 4.74 Å². The fourth-order valence-electron chi connectivity index (χ4n) is 2.13. The standard InChI is InChI=1S/C13H21NO2S/c1-10(2)12-9-14(6-8-17-12)13(15)11-5-3-4-7-16-11/h5,10,12H,3-4,6-9H2,1-2H3. The molecule has 0 N–H and O–H groups in total. The van der Waals surface area contributed by atoms with Crippen molar-refractivity contribution >= 4 is 17.7 Å². The average Bonchev–Trinajstić information content (AvgIpc) is 2.39. The van der Waals surface area contributed by atoms with Crippen LogP contribution in [0.1, 0.15) is 26.7 Å². The maximum absolute atomic E-state index is 12.2. The summed E-state index contributed by atoms with van der Waals surface area (Å²) >= 11 is 1.98. The lowest BCUT2D eigenvalue weighted by Gasteiger charge is -2.35. The van der Waals surface area contributed by atoms with Crippen molar-refractivity contribution in [3.05, 3.63) is 11.8 Å². The summed E-state index contributed by atoms with van der Waals surface area (Å²) in [5, 5.41) is 0.567. The van der Waals surface area contributed by atoms with Crippen LogP contribution in [0.5, 0.6) is 0 Å². The molecule has 0 saturated carbocycles. The molecule has 2 rings (SSSR count). The van der Waals surface area contributed by atoms with Gasteiger partial charge < -0.3 is 9.64 Å². The quantitative estimate of drug-likeness (QED) is 0.758. The number of allylic oxidation sites excluding steroid dienone is 1. The molecule has 0 radical (unpaired) electrons. The first kappa shape index (κ1) is 12.8. The number of carbonyl (C=O) groups excluding carboxylic acids is 1. The third kappa shape index (κ3) is 3.18. The minimum atomic E-state index is 0.0932. The Bertz CT molecular complexity index is 315. The lowest BCUT2D eigenvalue weighted by Crippen LogP contribution is -2.44. The molecular formula is C13H21NO2S. The van der Waals surface area contributed by atoms with Gasteiger partial charge in [-0.1, -0.05) is 13.8 Å². The number of hydrogen-bond acceptors (Lipinski definition) is 3. The van der Waals surface area contributed by atoms with Gasteiger partial charge >= 0.3 is 0 Å². The van der Waals surface area contributed by atoms with Gasteiger partial charge in [0.05, 0.1) is 6.61 Å². The van der Waals surface area contributed by atoms with Crippen molar-refractivity contribution in [2.24, 2.45) is 5.92 Å². The molecule has 3 nitrogen and oxygen atoms in total. The van der Waals surface area contributed by atoms with Crippen LogP contribution < -0.4 is 0 Å². The van der Waals surface area contributed by atoms with E-state index in [1.807, 2.05) is 22.7 Å². The molecule has 0 aromatic heterocycles. The van der Waals surface area contributed by atoms with Crippen molar-refractivity contribution in [2.75, 3.05) is 25.4 Å². The second-order valence-corrected chi connectivity index (χ2v) is 6.31. The molecule has 1 fully saturated rings. The first-order valence-corrected chi connectivity index (χ1v) is 7.47. The van der Waals surface area contributed by atoms with Gasteiger partial charge in [0.25, 0.3) is 5.91 Å². The van der Waals surface area contributed by atoms with Crippen LogP contribution in [0.3, 0.4) is 0 Å². The number of ether oxygens (including phenoxy) is 1. The van der Waals surface area contributed by atoms with Gasteiger partial charge in [0.2, 0.25) is 0 Å². The monoisotopic (exact) mass is 255 g/mol. The molecule has 1 amide bonds. The summed E-state index contributed by atoms with van der Waals surface area (Å²) in [6.45, 7) is 6.85. The SMILES string of the molecule is CC(C)C1CN(C(=O)C2=CCCCO2)CCS1. The lowest BCUT2D eigenvalue weighted by atomic mass is 10.1. The highest BCUT2D eigenvalue weighted by molar-refractivity contribution is 8.00. The molecule has 1 saturated heterocycles. The summed E-state index contributed by atoms with van der Waals surface area (Å²) in [7, 11) is 0. The fourth-order valence-corrected chi connectivity index (χ4v) is 3.42. The van der Waals surface area contributed by atoms with Crippen LogP contribution in [-0.4, -0.2) is 41.5 Å². The largest absolute Gasteiger partial charge is 0.488 e. The van der Waals surface area contributed by atoms with Crippen LogP contribution in [-0.2, 0) is 9.53 Å². The van der Waals surface area contributed by atoms with Crippen LogP contribution >= 0.6 is 11.8 Å². The maximum atomic E-state index is 12.2. The van der Waals surface area contributed by atoms with Gasteiger partial charge in [-0.2, -0.15) is 11.8 Å². The molecule has 0 aromatic carbocycles. The molecule has 0 aromatic rings. The number of carbonyl (C=O) groups is 1. The first-order valence-electron chi connectivity index (χ1n) is 6.42. The van der Waals surface area contributed by atoms with Crippen molar-refractivity contribution < 1.29 is 9.53 Å². The van der Waals surface area contributed by atoms with Crippen LogP contribution in [0.15, 0.2) is 11.8 Å². The van der Waals surface area contributed by atoms with E-state index < -0.39 is 0 Å². The molecule has 1 unspecified atom stereocenters. The molecule has 0 bridgehead atoms. The first-order chi connectivity index (χ1) is 8.18. The zero-order chi connectivity index (χ0) is 12.3. The molecule has 0 aliphatic carbocycles. The second kappa shape index (κ2) is 5.80. The number of nitrogens with zero attached hydrogens (tertiary/aromatic N) is 1. The van der Waals surface area contributed by atoms with E-state index >= 15 is 0 Å². The third-order valence-electron chi connectivity index (χ3n) is 3.27. The molecule has 96 valence electrons. The molecule has 2 heterocycles. The predicted molar refractivity (Wildman–Crippen MR) is 70.9 cm³/mol. The van der Waals surface area contributed by atoms with Gasteiger partial charge in [-0.15, -0.1) is 0 Å². The lowest BCUT2D eigenvalue weighted by molar-refractivity contribution is -0.131. The van der Waals surface area contributed by atoms with Gasteiger partial charge in [0, 0.05) is 24.1 Å². The minimum Gasteiger partial charge on any atom is -0.488 e. The van der Waals surface area contributed by atoms with E-state index in [1.165, 1.54) is 0 Å². The topological polar surface area (TPSA) is 29.5 Å². The number of hydrogen-bond donors (Lipinski definition) is 0. The van der Waals surface area contributed by atoms with Crippen molar-refractivity contribution in [1.82, 2.24) is 4.90 Å². The van der Waals surface area contributed by atoms with E-state index in [-0.39, 0.29) is 5.91 Å². The van der Waals surface area contributed by atoms with Crippen LogP contribution in [0, 0.1) is 5.92 Å². The molecule has 2 aliphatic heterocycles. The van der Waals surface area contributed by atoms with E-state index in [9.17, 15) is 4.79 Å². The van der Waals surface area contributed by atoms with Gasteiger partial charge in [-0.3, -0.25) is 4.79 Å². The summed E-state index contributed by atoms with van der Waals surface area (Å²) in [6, 6.07) is 0. The third-order valence-corrected chi connectivity index (χ3v) is 4.81. The normalized spacial score (nSPS) is 25.5. The van der Waals surface area contributed by atoms with Crippen LogP contribution in [0.4, 0.5) is 0 Å². The average molecular weight is 255 g/mol. The molecule has 17 heavy (non-hydrogen) atoms. The number of rotatable bonds is 2. The highest BCUT2D eigenvalue weighted by atomic mass is 32.2. The molecule has 0 spiro atoms. The van der Waals surface area contributed by atoms with Crippen molar-refractivity contribution in [3.8, 4) is 0 Å². The van der Waals surface area contributed by atoms with E-state index in [0.717, 1.165) is 31.7 Å². The summed E-state index contributed by atoms with van der Waals surface area (Å²) in [5.74, 6) is 2.33. The highest BCUT2D eigenvalue weighted by Crippen LogP contribution is 2.26. The van der Waals surface area contributed by atoms with Crippen LogP contribution in [0.25, 0.3) is 0 Å². The smallest absolute Gasteiger partial charge is 0.288 e. The van der Waals surface area contributed by atoms with Gasteiger partial charge in [0.15, 0.2) is 5.76 Å². The van der Waals surface area contributed by atoms with Crippen molar-refractivity contribution in [3.63, 3.8) is 0 Å². The highest BCUT2D eigenvalue weighted by Gasteiger charge is 2.28. The Kier molecular flexibility index (Phi) is 4.37. The Labute approximate surface area is 108 Å². The molecule has 2 aliphatic rings. The summed E-state index contributed by atoms with van der Waals surface area (Å²) in [4.78, 5) is 14.2. The minimum absolute atomic E-state index is 0.0932. The maximum Gasteiger partial charge on any atom is 0.288 e. The summed E-state index contributed by atoms with van der Waals surface area (Å²) < 4.78 is 5.45. The van der Waals surface area contributed by atoms with Crippen LogP contribution in [0.2, 0.25) is 0 Å². The predicted octanol–water partition coefficient (Wildman–Crippen LogP) is 2.28. The Morgan fingerprint density at radius 3 is 3.06 bits per heavy atom. The van der Waals surface area contributed by atoms with Gasteiger partial charge in [0.1, 0.15) is 0 Å². The second-order valence-electron chi connectivity index (χ2n) is 4.96. The number of amides is 1. The van der Waals surface area contributed by atoms with E-state index in [2.05, 4.69) is 13.8 Å². The van der Waals surface area contributed by atoms with Gasteiger partial charge in [-0.05, 0) is 24.8 Å². The molecule has 1 atom stereocenters. The zero-order valence-electron chi connectivity index (χ0n) is 10.6. The zero-order valence-corrected chi connectivity index (χ0v) is 11.5. The fraction of sp³-hybridized carbons (Fsp3) is 0.769. The molecule has 4 heteroatoms. The summed E-state index contributed by atoms with van der Waals surface area (Å²) in [6.07, 6.45) is 3.94. The Hall–Kier alpha value is -0.640. The van der Waals surface area contributed by atoms with Gasteiger partial charge in [-0.25, -0.2) is 0 Å². The van der Waals surface area contributed by atoms with Crippen molar-refractivity contribution in [1.29, 1.82) is 0 Å². The summed E-state index contributed by atoms with van der Waals surface area (Å²) in [5.41, 5.74) is 0.